The van der Waals surface area contributed by atoms with Crippen LogP contribution in [0.15, 0.2) is 0 Å². The number of hydrogen-bond donors (Lipinski definition) is 1. The number of carboxylic acids is 1. The van der Waals surface area contributed by atoms with Gasteiger partial charge in [-0.2, -0.15) is 13.2 Å². The first kappa shape index (κ1) is 16.0. The lowest BCUT2D eigenvalue weighted by atomic mass is 9.74. The van der Waals surface area contributed by atoms with Crippen LogP contribution in [0.5, 0.6) is 0 Å². The van der Waals surface area contributed by atoms with Crippen LogP contribution in [0, 0.1) is 11.3 Å². The highest BCUT2D eigenvalue weighted by molar-refractivity contribution is 5.81. The Hall–Kier alpha value is -1.35. The van der Waals surface area contributed by atoms with Crippen LogP contribution in [0.4, 0.5) is 13.2 Å². The topological polar surface area (TPSA) is 76.1 Å². The van der Waals surface area contributed by atoms with Crippen molar-refractivity contribution in [3.63, 3.8) is 0 Å². The summed E-state index contributed by atoms with van der Waals surface area (Å²) in [6.45, 7) is -1.51. The van der Waals surface area contributed by atoms with E-state index in [2.05, 4.69) is 4.74 Å². The van der Waals surface area contributed by atoms with Crippen LogP contribution in [-0.4, -0.2) is 67.6 Å². The van der Waals surface area contributed by atoms with Crippen molar-refractivity contribution >= 4 is 11.9 Å². The van der Waals surface area contributed by atoms with Crippen molar-refractivity contribution in [1.29, 1.82) is 0 Å². The predicted molar refractivity (Wildman–Crippen MR) is 62.4 cm³/mol. The maximum atomic E-state index is 11.9. The molecule has 0 aliphatic carbocycles. The fourth-order valence-electron chi connectivity index (χ4n) is 2.83. The van der Waals surface area contributed by atoms with Gasteiger partial charge < -0.3 is 19.5 Å². The van der Waals surface area contributed by atoms with Gasteiger partial charge in [0.15, 0.2) is 0 Å². The van der Waals surface area contributed by atoms with Crippen molar-refractivity contribution in [2.45, 2.75) is 12.6 Å². The quantitative estimate of drug-likeness (QED) is 0.819. The summed E-state index contributed by atoms with van der Waals surface area (Å²) in [7, 11) is 0. The molecule has 2 heterocycles. The standard InChI is InChI=1S/C12H16F3NO5/c13-12(14,15)7-21-5-9(17)16-3-8-4-20-2-1-11(8,6-16)10(18)19/h8H,1-7H2,(H,18,19)/t8-,11+/m0/s1. The molecule has 120 valence electrons. The first-order chi connectivity index (χ1) is 9.74. The number of hydrogen-bond acceptors (Lipinski definition) is 4. The second kappa shape index (κ2) is 5.80. The first-order valence-electron chi connectivity index (χ1n) is 6.48. The molecule has 0 saturated carbocycles. The number of likely N-dealkylation sites (tertiary alicyclic amines) is 1. The normalized spacial score (nSPS) is 29.3. The maximum absolute atomic E-state index is 11.9. The highest BCUT2D eigenvalue weighted by Gasteiger charge is 2.54. The van der Waals surface area contributed by atoms with Crippen molar-refractivity contribution < 1.29 is 37.3 Å². The average molecular weight is 311 g/mol. The number of carbonyl (C=O) groups excluding carboxylic acids is 1. The van der Waals surface area contributed by atoms with E-state index in [1.54, 1.807) is 0 Å². The minimum atomic E-state index is -4.49. The summed E-state index contributed by atoms with van der Waals surface area (Å²) in [4.78, 5) is 24.6. The molecule has 0 aromatic heterocycles. The summed E-state index contributed by atoms with van der Waals surface area (Å²) >= 11 is 0. The Morgan fingerprint density at radius 3 is 2.71 bits per heavy atom. The van der Waals surface area contributed by atoms with E-state index >= 15 is 0 Å². The number of alkyl halides is 3. The number of aliphatic carboxylic acids is 1. The molecule has 0 aromatic carbocycles. The second-order valence-corrected chi connectivity index (χ2v) is 5.37. The Labute approximate surface area is 118 Å². The van der Waals surface area contributed by atoms with Crippen molar-refractivity contribution in [1.82, 2.24) is 4.90 Å². The zero-order chi connectivity index (χ0) is 15.7. The smallest absolute Gasteiger partial charge is 0.411 e. The minimum Gasteiger partial charge on any atom is -0.481 e. The van der Waals surface area contributed by atoms with E-state index in [0.717, 1.165) is 0 Å². The van der Waals surface area contributed by atoms with Gasteiger partial charge in [-0.05, 0) is 6.42 Å². The summed E-state index contributed by atoms with van der Waals surface area (Å²) in [5.74, 6) is -1.97. The number of ether oxygens (including phenoxy) is 2. The lowest BCUT2D eigenvalue weighted by Gasteiger charge is -2.33. The molecule has 0 radical (unpaired) electrons. The van der Waals surface area contributed by atoms with Gasteiger partial charge in [-0.15, -0.1) is 0 Å². The summed E-state index contributed by atoms with van der Waals surface area (Å²) in [5.41, 5.74) is -1.06. The Kier molecular flexibility index (Phi) is 4.43. The number of carboxylic acid groups (broad SMARTS) is 1. The number of fused-ring (bicyclic) bond motifs is 1. The Morgan fingerprint density at radius 1 is 1.43 bits per heavy atom. The van der Waals surface area contributed by atoms with Crippen molar-refractivity contribution in [2.24, 2.45) is 11.3 Å². The van der Waals surface area contributed by atoms with Gasteiger partial charge >= 0.3 is 12.1 Å². The Morgan fingerprint density at radius 2 is 2.14 bits per heavy atom. The maximum Gasteiger partial charge on any atom is 0.411 e. The highest BCUT2D eigenvalue weighted by Crippen LogP contribution is 2.42. The van der Waals surface area contributed by atoms with Gasteiger partial charge in [-0.1, -0.05) is 0 Å². The third-order valence-electron chi connectivity index (χ3n) is 3.98. The summed E-state index contributed by atoms with van der Waals surface area (Å²) in [6.07, 6.45) is -4.20. The average Bonchev–Trinajstić information content (AvgIpc) is 2.77. The number of amides is 1. The number of halogens is 3. The fraction of sp³-hybridized carbons (Fsp3) is 0.833. The number of carbonyl (C=O) groups is 2. The van der Waals surface area contributed by atoms with Crippen molar-refractivity contribution in [2.75, 3.05) is 39.5 Å². The molecular formula is C12H16F3NO5. The molecule has 9 heteroatoms. The van der Waals surface area contributed by atoms with E-state index in [1.165, 1.54) is 4.90 Å². The third kappa shape index (κ3) is 3.46. The summed E-state index contributed by atoms with van der Waals surface area (Å²) in [6, 6.07) is 0. The largest absolute Gasteiger partial charge is 0.481 e. The molecule has 2 atom stereocenters. The van der Waals surface area contributed by atoms with E-state index in [4.69, 9.17) is 4.74 Å². The molecule has 2 fully saturated rings. The second-order valence-electron chi connectivity index (χ2n) is 5.37. The van der Waals surface area contributed by atoms with Crippen LogP contribution in [-0.2, 0) is 19.1 Å². The predicted octanol–water partition coefficient (Wildman–Crippen LogP) is 0.515. The molecule has 0 unspecified atom stereocenters. The highest BCUT2D eigenvalue weighted by atomic mass is 19.4. The Balaban J connectivity index is 1.93. The molecule has 2 rings (SSSR count). The lowest BCUT2D eigenvalue weighted by Crippen LogP contribution is -2.45. The zero-order valence-electron chi connectivity index (χ0n) is 11.2. The molecule has 6 nitrogen and oxygen atoms in total. The number of rotatable bonds is 4. The zero-order valence-corrected chi connectivity index (χ0v) is 11.2. The van der Waals surface area contributed by atoms with Gasteiger partial charge in [0.2, 0.25) is 5.91 Å². The Bertz CT molecular complexity index is 428. The van der Waals surface area contributed by atoms with Crippen LogP contribution in [0.2, 0.25) is 0 Å². The summed E-state index contributed by atoms with van der Waals surface area (Å²) < 4.78 is 45.4. The van der Waals surface area contributed by atoms with Gasteiger partial charge in [0.05, 0.1) is 12.0 Å². The molecule has 0 bridgehead atoms. The molecule has 1 amide bonds. The third-order valence-corrected chi connectivity index (χ3v) is 3.98. The van der Waals surface area contributed by atoms with Crippen molar-refractivity contribution in [3.8, 4) is 0 Å². The molecule has 2 saturated heterocycles. The van der Waals surface area contributed by atoms with Gasteiger partial charge in [0, 0.05) is 25.6 Å². The van der Waals surface area contributed by atoms with E-state index in [-0.39, 0.29) is 25.6 Å². The molecule has 21 heavy (non-hydrogen) atoms. The van der Waals surface area contributed by atoms with Gasteiger partial charge in [-0.3, -0.25) is 9.59 Å². The van der Waals surface area contributed by atoms with Gasteiger partial charge in [0.1, 0.15) is 13.2 Å². The van der Waals surface area contributed by atoms with E-state index < -0.39 is 36.7 Å². The van der Waals surface area contributed by atoms with Gasteiger partial charge in [0.25, 0.3) is 0 Å². The summed E-state index contributed by atoms with van der Waals surface area (Å²) in [5, 5.41) is 9.41. The SMILES string of the molecule is O=C(COCC(F)(F)F)N1C[C@H]2COCC[C@@]2(C(=O)O)C1. The molecular weight excluding hydrogens is 295 g/mol. The van der Waals surface area contributed by atoms with E-state index in [0.29, 0.717) is 13.0 Å². The lowest BCUT2D eigenvalue weighted by molar-refractivity contribution is -0.177. The van der Waals surface area contributed by atoms with Crippen molar-refractivity contribution in [3.05, 3.63) is 0 Å². The molecule has 1 N–H and O–H groups in total. The monoisotopic (exact) mass is 311 g/mol. The first-order valence-corrected chi connectivity index (χ1v) is 6.48. The van der Waals surface area contributed by atoms with Crippen LogP contribution in [0.25, 0.3) is 0 Å². The van der Waals surface area contributed by atoms with Crippen LogP contribution >= 0.6 is 0 Å². The van der Waals surface area contributed by atoms with Crippen LogP contribution in [0.3, 0.4) is 0 Å². The number of nitrogens with zero attached hydrogens (tertiary/aromatic N) is 1. The van der Waals surface area contributed by atoms with Crippen LogP contribution < -0.4 is 0 Å². The fourth-order valence-corrected chi connectivity index (χ4v) is 2.83. The van der Waals surface area contributed by atoms with Gasteiger partial charge in [-0.25, -0.2) is 0 Å². The van der Waals surface area contributed by atoms with E-state index in [1.807, 2.05) is 0 Å². The molecule has 2 aliphatic rings. The molecule has 0 spiro atoms. The minimum absolute atomic E-state index is 0.00935. The molecule has 0 aromatic rings. The molecule has 2 aliphatic heterocycles. The van der Waals surface area contributed by atoms with Crippen LogP contribution in [0.1, 0.15) is 6.42 Å². The van der Waals surface area contributed by atoms with E-state index in [9.17, 15) is 27.9 Å².